The van der Waals surface area contributed by atoms with Gasteiger partial charge in [-0.2, -0.15) is 18.3 Å². The number of amides is 1. The van der Waals surface area contributed by atoms with E-state index in [9.17, 15) is 18.0 Å². The second kappa shape index (κ2) is 9.69. The Morgan fingerprint density at radius 3 is 2.28 bits per heavy atom. The van der Waals surface area contributed by atoms with Crippen LogP contribution in [0.25, 0.3) is 10.9 Å². The van der Waals surface area contributed by atoms with Crippen LogP contribution in [0, 0.1) is 0 Å². The molecule has 1 fully saturated rings. The summed E-state index contributed by atoms with van der Waals surface area (Å²) in [4.78, 5) is 25.7. The maximum atomic E-state index is 12.7. The number of carbonyl (C=O) groups excluding carboxylic acids is 1. The summed E-state index contributed by atoms with van der Waals surface area (Å²) in [6.45, 7) is 2.97. The van der Waals surface area contributed by atoms with Gasteiger partial charge in [0.25, 0.3) is 0 Å². The summed E-state index contributed by atoms with van der Waals surface area (Å²) in [5.41, 5.74) is 9.21. The predicted molar refractivity (Wildman–Crippen MR) is 112 cm³/mol. The number of aromatic amines is 1. The highest BCUT2D eigenvalue weighted by atomic mass is 19.4. The second-order valence-corrected chi connectivity index (χ2v) is 7.15. The third-order valence-corrected chi connectivity index (χ3v) is 5.05. The zero-order chi connectivity index (χ0) is 23.3. The fourth-order valence-corrected chi connectivity index (χ4v) is 3.31. The van der Waals surface area contributed by atoms with Crippen molar-refractivity contribution in [1.29, 1.82) is 0 Å². The van der Waals surface area contributed by atoms with Gasteiger partial charge in [0.05, 0.1) is 11.7 Å². The Kier molecular flexibility index (Phi) is 6.98. The molecule has 170 valence electrons. The van der Waals surface area contributed by atoms with Crippen molar-refractivity contribution >= 4 is 28.5 Å². The van der Waals surface area contributed by atoms with Crippen LogP contribution in [0.4, 0.5) is 18.9 Å². The van der Waals surface area contributed by atoms with Crippen LogP contribution in [0.15, 0.2) is 54.7 Å². The maximum Gasteiger partial charge on any atom is 0.490 e. The van der Waals surface area contributed by atoms with E-state index in [1.807, 2.05) is 47.5 Å². The number of aromatic nitrogens is 2. The van der Waals surface area contributed by atoms with Crippen LogP contribution in [0.3, 0.4) is 0 Å². The minimum atomic E-state index is -5.08. The van der Waals surface area contributed by atoms with Crippen LogP contribution in [-0.2, 0) is 9.59 Å². The number of rotatable bonds is 3. The molecule has 0 bridgehead atoms. The van der Waals surface area contributed by atoms with Gasteiger partial charge in [0.1, 0.15) is 6.04 Å². The first kappa shape index (κ1) is 23.1. The van der Waals surface area contributed by atoms with E-state index in [0.29, 0.717) is 13.1 Å². The normalized spacial score (nSPS) is 15.1. The van der Waals surface area contributed by atoms with E-state index < -0.39 is 18.2 Å². The molecule has 1 aliphatic rings. The van der Waals surface area contributed by atoms with Crippen LogP contribution >= 0.6 is 0 Å². The van der Waals surface area contributed by atoms with Crippen LogP contribution in [0.2, 0.25) is 0 Å². The fraction of sp³-hybridized carbons (Fsp3) is 0.286. The minimum Gasteiger partial charge on any atom is -0.475 e. The number of piperazine rings is 1. The largest absolute Gasteiger partial charge is 0.490 e. The quantitative estimate of drug-likeness (QED) is 0.566. The smallest absolute Gasteiger partial charge is 0.475 e. The summed E-state index contributed by atoms with van der Waals surface area (Å²) in [7, 11) is 0. The van der Waals surface area contributed by atoms with Gasteiger partial charge < -0.3 is 20.6 Å². The summed E-state index contributed by atoms with van der Waals surface area (Å²) in [6, 6.07) is 15.2. The van der Waals surface area contributed by atoms with E-state index in [2.05, 4.69) is 27.2 Å². The second-order valence-electron chi connectivity index (χ2n) is 7.15. The molecule has 2 heterocycles. The van der Waals surface area contributed by atoms with Gasteiger partial charge in [0, 0.05) is 37.3 Å². The van der Waals surface area contributed by atoms with Crippen molar-refractivity contribution in [2.24, 2.45) is 5.73 Å². The molecular formula is C21H22F3N5O3. The number of nitrogens with one attached hydrogen (secondary N) is 1. The molecule has 0 aliphatic carbocycles. The van der Waals surface area contributed by atoms with Gasteiger partial charge in [-0.3, -0.25) is 9.89 Å². The SMILES string of the molecule is N[C@H](C(=O)N1CCN(c2ccc3[nH]ncc3c2)CC1)c1ccccc1.O=C(O)C(F)(F)F. The lowest BCUT2D eigenvalue weighted by molar-refractivity contribution is -0.192. The van der Waals surface area contributed by atoms with Crippen molar-refractivity contribution in [3.05, 3.63) is 60.3 Å². The lowest BCUT2D eigenvalue weighted by Crippen LogP contribution is -2.51. The third kappa shape index (κ3) is 5.55. The molecule has 1 aliphatic heterocycles. The van der Waals surface area contributed by atoms with Crippen LogP contribution in [0.1, 0.15) is 11.6 Å². The van der Waals surface area contributed by atoms with Gasteiger partial charge in [-0.15, -0.1) is 0 Å². The molecule has 4 rings (SSSR count). The molecule has 0 saturated carbocycles. The molecule has 32 heavy (non-hydrogen) atoms. The van der Waals surface area contributed by atoms with Crippen molar-refractivity contribution in [1.82, 2.24) is 15.1 Å². The van der Waals surface area contributed by atoms with Crippen molar-refractivity contribution < 1.29 is 27.9 Å². The van der Waals surface area contributed by atoms with Crippen molar-refractivity contribution in [2.45, 2.75) is 12.2 Å². The Morgan fingerprint density at radius 1 is 1.06 bits per heavy atom. The van der Waals surface area contributed by atoms with E-state index in [0.717, 1.165) is 35.2 Å². The average molecular weight is 449 g/mol. The van der Waals surface area contributed by atoms with Gasteiger partial charge in [-0.1, -0.05) is 30.3 Å². The average Bonchev–Trinajstić information content (AvgIpc) is 3.26. The number of carboxylic acid groups (broad SMARTS) is 1. The highest BCUT2D eigenvalue weighted by molar-refractivity contribution is 5.84. The summed E-state index contributed by atoms with van der Waals surface area (Å²) in [5.74, 6) is -2.76. The number of halogens is 3. The van der Waals surface area contributed by atoms with Crippen LogP contribution in [0.5, 0.6) is 0 Å². The Morgan fingerprint density at radius 2 is 1.69 bits per heavy atom. The van der Waals surface area contributed by atoms with E-state index in [-0.39, 0.29) is 5.91 Å². The number of hydrogen-bond acceptors (Lipinski definition) is 5. The number of anilines is 1. The van der Waals surface area contributed by atoms with E-state index in [1.54, 1.807) is 0 Å². The number of carbonyl (C=O) groups is 2. The lowest BCUT2D eigenvalue weighted by atomic mass is 10.1. The van der Waals surface area contributed by atoms with Crippen LogP contribution in [-0.4, -0.2) is 64.4 Å². The van der Waals surface area contributed by atoms with Crippen molar-refractivity contribution in [3.8, 4) is 0 Å². The van der Waals surface area contributed by atoms with Gasteiger partial charge in [0.15, 0.2) is 0 Å². The first-order valence-corrected chi connectivity index (χ1v) is 9.74. The predicted octanol–water partition coefficient (Wildman–Crippen LogP) is 2.54. The Labute approximate surface area is 181 Å². The van der Waals surface area contributed by atoms with Gasteiger partial charge in [-0.25, -0.2) is 4.79 Å². The number of nitrogens with zero attached hydrogens (tertiary/aromatic N) is 3. The van der Waals surface area contributed by atoms with Gasteiger partial charge >= 0.3 is 12.1 Å². The van der Waals surface area contributed by atoms with E-state index >= 15 is 0 Å². The number of hydrogen-bond donors (Lipinski definition) is 3. The molecular weight excluding hydrogens is 427 g/mol. The minimum absolute atomic E-state index is 0.00358. The standard InChI is InChI=1S/C19H21N5O.C2HF3O2/c20-18(14-4-2-1-3-5-14)19(25)24-10-8-23(9-11-24)16-6-7-17-15(12-16)13-21-22-17;3-2(4,5)1(6)7/h1-7,12-13,18H,8-11,20H2,(H,21,22);(H,6,7)/t18-;/m0./s1. The highest BCUT2D eigenvalue weighted by Crippen LogP contribution is 2.22. The zero-order valence-electron chi connectivity index (χ0n) is 16.9. The number of alkyl halides is 3. The Balaban J connectivity index is 0.000000360. The topological polar surface area (TPSA) is 116 Å². The number of fused-ring (bicyclic) bond motifs is 1. The molecule has 1 atom stereocenters. The zero-order valence-corrected chi connectivity index (χ0v) is 16.9. The Bertz CT molecular complexity index is 1060. The summed E-state index contributed by atoms with van der Waals surface area (Å²) in [6.07, 6.45) is -3.25. The van der Waals surface area contributed by atoms with Gasteiger partial charge in [0.2, 0.25) is 5.91 Å². The highest BCUT2D eigenvalue weighted by Gasteiger charge is 2.38. The molecule has 1 saturated heterocycles. The number of nitrogens with two attached hydrogens (primary N) is 1. The molecule has 0 unspecified atom stereocenters. The van der Waals surface area contributed by atoms with Crippen molar-refractivity contribution in [2.75, 3.05) is 31.1 Å². The van der Waals surface area contributed by atoms with E-state index in [4.69, 9.17) is 15.6 Å². The lowest BCUT2D eigenvalue weighted by Gasteiger charge is -2.37. The molecule has 0 spiro atoms. The molecule has 8 nitrogen and oxygen atoms in total. The number of H-pyrrole nitrogens is 1. The third-order valence-electron chi connectivity index (χ3n) is 5.05. The molecule has 3 aromatic rings. The van der Waals surface area contributed by atoms with Gasteiger partial charge in [-0.05, 0) is 23.8 Å². The first-order chi connectivity index (χ1) is 15.2. The monoisotopic (exact) mass is 449 g/mol. The fourth-order valence-electron chi connectivity index (χ4n) is 3.31. The number of benzene rings is 2. The molecule has 4 N–H and O–H groups in total. The van der Waals surface area contributed by atoms with Crippen LogP contribution < -0.4 is 10.6 Å². The maximum absolute atomic E-state index is 12.7. The summed E-state index contributed by atoms with van der Waals surface area (Å²) >= 11 is 0. The molecule has 1 aromatic heterocycles. The number of carboxylic acids is 1. The molecule has 0 radical (unpaired) electrons. The summed E-state index contributed by atoms with van der Waals surface area (Å²) < 4.78 is 31.7. The molecule has 1 amide bonds. The number of aliphatic carboxylic acids is 1. The van der Waals surface area contributed by atoms with E-state index in [1.165, 1.54) is 0 Å². The molecule has 11 heteroatoms. The first-order valence-electron chi connectivity index (χ1n) is 9.74. The Hall–Kier alpha value is -3.60. The van der Waals surface area contributed by atoms with Crippen molar-refractivity contribution in [3.63, 3.8) is 0 Å². The molecule has 2 aromatic carbocycles. The summed E-state index contributed by atoms with van der Waals surface area (Å²) in [5, 5.41) is 15.2.